The zero-order valence-electron chi connectivity index (χ0n) is 50.2. The molecule has 0 bridgehead atoms. The quantitative estimate of drug-likeness (QED) is 0.0261. The van der Waals surface area contributed by atoms with Gasteiger partial charge in [-0.05, 0) is 103 Å². The largest absolute Gasteiger partial charge is 0.462 e. The third kappa shape index (κ3) is 62.5. The van der Waals surface area contributed by atoms with Crippen LogP contribution in [0.2, 0.25) is 0 Å². The minimum atomic E-state index is -0.808. The zero-order valence-corrected chi connectivity index (χ0v) is 50.2. The van der Waals surface area contributed by atoms with Crippen LogP contribution in [0.4, 0.5) is 0 Å². The molecule has 0 radical (unpaired) electrons. The van der Waals surface area contributed by atoms with Crippen molar-refractivity contribution < 1.29 is 28.6 Å². The second kappa shape index (κ2) is 64.3. The number of unbranched alkanes of at least 4 members (excludes halogenated alkanes) is 26. The Kier molecular flexibility index (Phi) is 60.8. The lowest BCUT2D eigenvalue weighted by molar-refractivity contribution is -0.167. The molecule has 1 atom stereocenters. The fraction of sp³-hybridized carbons (Fsp3) is 0.676. The Labute approximate surface area is 475 Å². The number of carbonyl (C=O) groups excluding carboxylic acids is 3. The third-order valence-corrected chi connectivity index (χ3v) is 13.5. The van der Waals surface area contributed by atoms with Gasteiger partial charge in [0.05, 0.1) is 0 Å². The summed E-state index contributed by atoms with van der Waals surface area (Å²) < 4.78 is 16.8. The maximum atomic E-state index is 12.8. The van der Waals surface area contributed by atoms with Crippen molar-refractivity contribution in [3.8, 4) is 0 Å². The summed E-state index contributed by atoms with van der Waals surface area (Å²) in [6.07, 6.45) is 89.4. The first-order valence-corrected chi connectivity index (χ1v) is 32.0. The summed E-state index contributed by atoms with van der Waals surface area (Å²) in [5.74, 6) is -0.954. The third-order valence-electron chi connectivity index (χ3n) is 13.5. The van der Waals surface area contributed by atoms with E-state index in [1.165, 1.54) is 135 Å². The van der Waals surface area contributed by atoms with E-state index in [9.17, 15) is 14.4 Å². The van der Waals surface area contributed by atoms with Gasteiger partial charge in [-0.25, -0.2) is 0 Å². The van der Waals surface area contributed by atoms with Gasteiger partial charge in [-0.1, -0.05) is 290 Å². The molecule has 0 aromatic rings. The highest BCUT2D eigenvalue weighted by atomic mass is 16.6. The van der Waals surface area contributed by atoms with Gasteiger partial charge in [0, 0.05) is 19.3 Å². The lowest BCUT2D eigenvalue weighted by atomic mass is 10.0. The lowest BCUT2D eigenvalue weighted by Gasteiger charge is -2.18. The summed E-state index contributed by atoms with van der Waals surface area (Å²) in [7, 11) is 0. The Bertz CT molecular complexity index is 1600. The van der Waals surface area contributed by atoms with Crippen LogP contribution in [0.1, 0.15) is 290 Å². The number of carbonyl (C=O) groups is 3. The van der Waals surface area contributed by atoms with E-state index in [4.69, 9.17) is 14.2 Å². The Morgan fingerprint density at radius 3 is 0.831 bits per heavy atom. The predicted octanol–water partition coefficient (Wildman–Crippen LogP) is 22.0. The van der Waals surface area contributed by atoms with Gasteiger partial charge in [-0.3, -0.25) is 14.4 Å². The van der Waals surface area contributed by atoms with Crippen LogP contribution in [0.3, 0.4) is 0 Å². The molecule has 0 aliphatic rings. The molecule has 1 unspecified atom stereocenters. The van der Waals surface area contributed by atoms with E-state index in [0.29, 0.717) is 19.3 Å². The summed E-state index contributed by atoms with van der Waals surface area (Å²) in [6, 6.07) is 0. The maximum absolute atomic E-state index is 12.8. The monoisotopic (exact) mass is 1070 g/mol. The molecule has 0 rings (SSSR count). The van der Waals surface area contributed by atoms with E-state index in [2.05, 4.69) is 142 Å². The number of ether oxygens (including phenoxy) is 3. The van der Waals surface area contributed by atoms with E-state index in [1.807, 2.05) is 0 Å². The van der Waals surface area contributed by atoms with Gasteiger partial charge in [0.15, 0.2) is 6.10 Å². The summed E-state index contributed by atoms with van der Waals surface area (Å²) in [4.78, 5) is 38.2. The maximum Gasteiger partial charge on any atom is 0.306 e. The van der Waals surface area contributed by atoms with Gasteiger partial charge in [-0.15, -0.1) is 0 Å². The molecule has 6 heteroatoms. The van der Waals surface area contributed by atoms with Crippen LogP contribution in [-0.2, 0) is 28.6 Å². The average Bonchev–Trinajstić information content (AvgIpc) is 3.43. The number of hydrogen-bond donors (Lipinski definition) is 0. The lowest BCUT2D eigenvalue weighted by Crippen LogP contribution is -2.30. The van der Waals surface area contributed by atoms with Crippen molar-refractivity contribution in [1.29, 1.82) is 0 Å². The fourth-order valence-corrected chi connectivity index (χ4v) is 8.74. The SMILES string of the molecule is CC/C=C\C/C=C\C/C=C\C/C=C\C/C=C\CCCCCCCCCCCCCCCCCC(=O)OCC(COC(=O)CCCCCCCCCCCCC)OC(=O)CCC/C=C\C/C=C\C/C=C\C/C=C\C/C=C\CC. The van der Waals surface area contributed by atoms with Crippen LogP contribution in [0.5, 0.6) is 0 Å². The van der Waals surface area contributed by atoms with Crippen molar-refractivity contribution in [1.82, 2.24) is 0 Å². The van der Waals surface area contributed by atoms with E-state index in [0.717, 1.165) is 109 Å². The van der Waals surface area contributed by atoms with Crippen LogP contribution in [0.15, 0.2) is 122 Å². The van der Waals surface area contributed by atoms with Crippen molar-refractivity contribution in [3.63, 3.8) is 0 Å². The second-order valence-electron chi connectivity index (χ2n) is 20.9. The highest BCUT2D eigenvalue weighted by molar-refractivity contribution is 5.71. The molecule has 0 saturated heterocycles. The second-order valence-corrected chi connectivity index (χ2v) is 20.9. The summed E-state index contributed by atoms with van der Waals surface area (Å²) in [6.45, 7) is 6.37. The van der Waals surface area contributed by atoms with Crippen LogP contribution in [0.25, 0.3) is 0 Å². The predicted molar refractivity (Wildman–Crippen MR) is 334 cm³/mol. The molecule has 6 nitrogen and oxygen atoms in total. The molecule has 0 heterocycles. The molecular formula is C71H118O6. The first kappa shape index (κ1) is 72.8. The highest BCUT2D eigenvalue weighted by Crippen LogP contribution is 2.16. The van der Waals surface area contributed by atoms with Crippen LogP contribution >= 0.6 is 0 Å². The van der Waals surface area contributed by atoms with Crippen molar-refractivity contribution >= 4 is 17.9 Å². The topological polar surface area (TPSA) is 78.9 Å². The van der Waals surface area contributed by atoms with Crippen molar-refractivity contribution in [2.75, 3.05) is 13.2 Å². The molecule has 0 saturated carbocycles. The minimum Gasteiger partial charge on any atom is -0.462 e. The Morgan fingerprint density at radius 2 is 0.519 bits per heavy atom. The summed E-state index contributed by atoms with van der Waals surface area (Å²) in [5, 5.41) is 0. The smallest absolute Gasteiger partial charge is 0.306 e. The molecule has 0 aliphatic carbocycles. The van der Waals surface area contributed by atoms with Gasteiger partial charge in [-0.2, -0.15) is 0 Å². The van der Waals surface area contributed by atoms with Crippen molar-refractivity contribution in [3.05, 3.63) is 122 Å². The molecule has 0 fully saturated rings. The fourth-order valence-electron chi connectivity index (χ4n) is 8.74. The van der Waals surface area contributed by atoms with Crippen molar-refractivity contribution in [2.45, 2.75) is 297 Å². The molecule has 0 N–H and O–H groups in total. The van der Waals surface area contributed by atoms with E-state index in [1.54, 1.807) is 0 Å². The summed E-state index contributed by atoms with van der Waals surface area (Å²) >= 11 is 0. The molecule has 0 aromatic heterocycles. The van der Waals surface area contributed by atoms with E-state index < -0.39 is 6.10 Å². The molecule has 0 aromatic carbocycles. The molecule has 0 amide bonds. The molecule has 0 spiro atoms. The number of hydrogen-bond acceptors (Lipinski definition) is 6. The van der Waals surface area contributed by atoms with Gasteiger partial charge in [0.1, 0.15) is 13.2 Å². The minimum absolute atomic E-state index is 0.0991. The van der Waals surface area contributed by atoms with Crippen LogP contribution in [-0.4, -0.2) is 37.2 Å². The van der Waals surface area contributed by atoms with Crippen molar-refractivity contribution in [2.24, 2.45) is 0 Å². The van der Waals surface area contributed by atoms with Gasteiger partial charge in [0.2, 0.25) is 0 Å². The number of allylic oxidation sites excluding steroid dienone is 20. The molecule has 438 valence electrons. The Hall–Kier alpha value is -4.19. The first-order valence-electron chi connectivity index (χ1n) is 32.0. The number of rotatable bonds is 57. The van der Waals surface area contributed by atoms with Gasteiger partial charge in [0.25, 0.3) is 0 Å². The summed E-state index contributed by atoms with van der Waals surface area (Å²) in [5.41, 5.74) is 0. The zero-order chi connectivity index (χ0) is 55.7. The first-order chi connectivity index (χ1) is 38.0. The molecule has 0 aliphatic heterocycles. The average molecular weight is 1070 g/mol. The number of esters is 3. The van der Waals surface area contributed by atoms with Crippen LogP contribution in [0, 0.1) is 0 Å². The van der Waals surface area contributed by atoms with E-state index >= 15 is 0 Å². The van der Waals surface area contributed by atoms with E-state index in [-0.39, 0.29) is 37.5 Å². The molecular weight excluding hydrogens is 949 g/mol. The highest BCUT2D eigenvalue weighted by Gasteiger charge is 2.19. The van der Waals surface area contributed by atoms with Crippen LogP contribution < -0.4 is 0 Å². The van der Waals surface area contributed by atoms with Gasteiger partial charge < -0.3 is 14.2 Å². The van der Waals surface area contributed by atoms with Gasteiger partial charge >= 0.3 is 17.9 Å². The Morgan fingerprint density at radius 1 is 0.273 bits per heavy atom. The Balaban J connectivity index is 4.24. The normalized spacial score (nSPS) is 12.9. The molecule has 77 heavy (non-hydrogen) atoms. The standard InChI is InChI=1S/C71H118O6/c1-4-7-10-13-16-19-22-24-26-28-29-30-31-32-33-34-35-36-37-38-39-40-41-43-44-46-49-52-55-58-61-64-70(73)76-67-68(66-75-69(72)63-60-57-54-51-48-21-18-15-12-9-6-3)77-71(74)65-62-59-56-53-50-47-45-42-27-25-23-20-17-14-11-8-5-2/h7-8,10-11,16-17,19-20,24-27,29-30,32-33,45,47,53,56,68H,4-6,9,12-15,18,21-23,28,31,34-44,46,48-52,54-55,57-67H2,1-3H3/b10-7-,11-8-,19-16-,20-17-,26-24-,27-25-,30-29-,33-32-,47-45-,56-53-.